The minimum atomic E-state index is 0.273. The van der Waals surface area contributed by atoms with Gasteiger partial charge in [-0.05, 0) is 123 Å². The number of aromatic nitrogens is 1. The topological polar surface area (TPSA) is 33.2 Å². The Morgan fingerprint density at radius 2 is 1.97 bits per heavy atom. The lowest BCUT2D eigenvalue weighted by Gasteiger charge is -2.59. The summed E-state index contributed by atoms with van der Waals surface area (Å²) in [7, 11) is 4.37. The van der Waals surface area contributed by atoms with Crippen molar-refractivity contribution in [2.75, 3.05) is 20.6 Å². The molecule has 0 saturated heterocycles. The van der Waals surface area contributed by atoms with Crippen LogP contribution < -0.4 is 0 Å². The van der Waals surface area contributed by atoms with E-state index < -0.39 is 0 Å². The van der Waals surface area contributed by atoms with Gasteiger partial charge in [-0.15, -0.1) is 0 Å². The molecule has 31 heavy (non-hydrogen) atoms. The zero-order chi connectivity index (χ0) is 22.2. The quantitative estimate of drug-likeness (QED) is 0.503. The molecule has 5 unspecified atom stereocenters. The van der Waals surface area contributed by atoms with Crippen molar-refractivity contribution in [1.29, 1.82) is 0 Å². The van der Waals surface area contributed by atoms with Crippen molar-refractivity contribution in [2.24, 2.45) is 34.5 Å². The van der Waals surface area contributed by atoms with Gasteiger partial charge in [0.05, 0.1) is 0 Å². The summed E-state index contributed by atoms with van der Waals surface area (Å²) in [5.41, 5.74) is 4.80. The molecule has 2 fully saturated rings. The Kier molecular flexibility index (Phi) is 6.45. The molecule has 0 amide bonds. The number of carbonyl (C=O) groups is 1. The van der Waals surface area contributed by atoms with Crippen molar-refractivity contribution < 1.29 is 4.79 Å². The highest BCUT2D eigenvalue weighted by Gasteiger charge is 2.57. The van der Waals surface area contributed by atoms with Gasteiger partial charge in [-0.25, -0.2) is 0 Å². The van der Waals surface area contributed by atoms with Gasteiger partial charge in [0, 0.05) is 18.8 Å². The number of pyridine rings is 1. The Hall–Kier alpha value is -1.48. The van der Waals surface area contributed by atoms with Gasteiger partial charge in [-0.2, -0.15) is 0 Å². The lowest BCUT2D eigenvalue weighted by Crippen LogP contribution is -2.52. The maximum atomic E-state index is 11.5. The molecule has 0 N–H and O–H groups in total. The van der Waals surface area contributed by atoms with Gasteiger partial charge >= 0.3 is 0 Å². The van der Waals surface area contributed by atoms with E-state index in [1.54, 1.807) is 5.57 Å². The Labute approximate surface area is 189 Å². The molecule has 3 nitrogen and oxygen atoms in total. The number of aldehydes is 1. The first-order valence-corrected chi connectivity index (χ1v) is 12.6. The Morgan fingerprint density at radius 3 is 2.68 bits per heavy atom. The fraction of sp³-hybridized carbons (Fsp3) is 0.714. The molecular weight excluding hydrogens is 380 g/mol. The summed E-state index contributed by atoms with van der Waals surface area (Å²) in [5.74, 6) is 2.82. The van der Waals surface area contributed by atoms with Crippen molar-refractivity contribution in [1.82, 2.24) is 9.88 Å². The number of hydrogen-bond acceptors (Lipinski definition) is 3. The average Bonchev–Trinajstić information content (AvgIpc) is 3.12. The molecule has 170 valence electrons. The van der Waals surface area contributed by atoms with Crippen LogP contribution in [-0.2, 0) is 11.2 Å². The molecule has 0 aliphatic heterocycles. The monoisotopic (exact) mass is 422 g/mol. The number of allylic oxidation sites excluding steroid dienone is 2. The van der Waals surface area contributed by atoms with E-state index in [-0.39, 0.29) is 10.8 Å². The van der Waals surface area contributed by atoms with E-state index >= 15 is 0 Å². The summed E-state index contributed by atoms with van der Waals surface area (Å²) in [6.07, 6.45) is 17.2. The first-order chi connectivity index (χ1) is 14.8. The summed E-state index contributed by atoms with van der Waals surface area (Å²) in [6, 6.07) is 2.38. The van der Waals surface area contributed by atoms with Gasteiger partial charge in [-0.3, -0.25) is 4.98 Å². The van der Waals surface area contributed by atoms with Crippen molar-refractivity contribution in [2.45, 2.75) is 72.1 Å². The van der Waals surface area contributed by atoms with Gasteiger partial charge in [0.1, 0.15) is 6.29 Å². The van der Waals surface area contributed by atoms with Crippen LogP contribution in [0.3, 0.4) is 0 Å². The molecule has 2 saturated carbocycles. The molecule has 0 radical (unpaired) electrons. The number of aryl methyl sites for hydroxylation is 1. The first kappa shape index (κ1) is 22.7. The van der Waals surface area contributed by atoms with E-state index in [2.05, 4.69) is 63.1 Å². The van der Waals surface area contributed by atoms with Crippen molar-refractivity contribution in [3.8, 4) is 0 Å². The maximum Gasteiger partial charge on any atom is 0.120 e. The fourth-order valence-electron chi connectivity index (χ4n) is 7.74. The van der Waals surface area contributed by atoms with Crippen LogP contribution in [-0.4, -0.2) is 36.8 Å². The van der Waals surface area contributed by atoms with E-state index in [9.17, 15) is 4.79 Å². The highest BCUT2D eigenvalue weighted by atomic mass is 16.1. The van der Waals surface area contributed by atoms with Crippen LogP contribution >= 0.6 is 0 Å². The summed E-state index contributed by atoms with van der Waals surface area (Å²) >= 11 is 0. The van der Waals surface area contributed by atoms with Crippen LogP contribution in [0.25, 0.3) is 5.57 Å². The normalized spacial score (nSPS) is 37.3. The van der Waals surface area contributed by atoms with Gasteiger partial charge in [0.2, 0.25) is 0 Å². The highest BCUT2D eigenvalue weighted by molar-refractivity contribution is 5.72. The van der Waals surface area contributed by atoms with E-state index in [1.165, 1.54) is 55.9 Å². The van der Waals surface area contributed by atoms with E-state index in [4.69, 9.17) is 0 Å². The van der Waals surface area contributed by atoms with Crippen LogP contribution in [0.15, 0.2) is 24.5 Å². The highest BCUT2D eigenvalue weighted by Crippen LogP contribution is 2.66. The zero-order valence-corrected chi connectivity index (χ0v) is 20.4. The third kappa shape index (κ3) is 3.92. The largest absolute Gasteiger partial charge is 0.309 e. The lowest BCUT2D eigenvalue weighted by molar-refractivity contribution is -0.116. The van der Waals surface area contributed by atoms with E-state index in [0.29, 0.717) is 5.92 Å². The van der Waals surface area contributed by atoms with Crippen molar-refractivity contribution in [3.63, 3.8) is 0 Å². The maximum absolute atomic E-state index is 11.5. The molecule has 4 rings (SSSR count). The van der Waals surface area contributed by atoms with Gasteiger partial charge in [-0.1, -0.05) is 26.8 Å². The Bertz CT molecular complexity index is 830. The summed E-state index contributed by atoms with van der Waals surface area (Å²) in [5, 5.41) is 0. The van der Waals surface area contributed by atoms with Crippen LogP contribution in [0.5, 0.6) is 0 Å². The van der Waals surface area contributed by atoms with Crippen LogP contribution in [0, 0.1) is 34.5 Å². The number of rotatable bonds is 7. The molecule has 6 atom stereocenters. The molecule has 1 aromatic heterocycles. The number of hydrogen-bond donors (Lipinski definition) is 0. The summed E-state index contributed by atoms with van der Waals surface area (Å²) < 4.78 is 0. The van der Waals surface area contributed by atoms with E-state index in [0.717, 1.165) is 37.1 Å². The van der Waals surface area contributed by atoms with Crippen molar-refractivity contribution in [3.05, 3.63) is 35.7 Å². The standard InChI is InChI=1S/C28H42N2O/c1-6-20-17-21(19-29-18-20)24-9-10-25-23-8-7-22(12-16-31)27(2,14-15-30(4)5)26(23)11-13-28(24,25)3/h9,16-19,22-23,25-26H,6-8,10-15H2,1-5H3/t22?,23?,25?,26?,27-,28?/m1/s1. The molecule has 0 aromatic carbocycles. The molecule has 0 spiro atoms. The smallest absolute Gasteiger partial charge is 0.120 e. The number of carbonyl (C=O) groups excluding carboxylic acids is 1. The van der Waals surface area contributed by atoms with Gasteiger partial charge in [0.15, 0.2) is 0 Å². The molecule has 3 aliphatic carbocycles. The van der Waals surface area contributed by atoms with Crippen LogP contribution in [0.4, 0.5) is 0 Å². The Morgan fingerprint density at radius 1 is 1.16 bits per heavy atom. The predicted molar refractivity (Wildman–Crippen MR) is 129 cm³/mol. The first-order valence-electron chi connectivity index (χ1n) is 12.6. The van der Waals surface area contributed by atoms with Crippen LogP contribution in [0.2, 0.25) is 0 Å². The second kappa shape index (κ2) is 8.81. The molecule has 3 heteroatoms. The third-order valence-electron chi connectivity index (χ3n) is 9.64. The minimum absolute atomic E-state index is 0.273. The molecule has 0 bridgehead atoms. The van der Waals surface area contributed by atoms with Gasteiger partial charge < -0.3 is 9.69 Å². The minimum Gasteiger partial charge on any atom is -0.309 e. The zero-order valence-electron chi connectivity index (χ0n) is 20.4. The second-order valence-corrected chi connectivity index (χ2v) is 11.4. The van der Waals surface area contributed by atoms with E-state index in [1.807, 2.05) is 6.20 Å². The molecule has 1 heterocycles. The predicted octanol–water partition coefficient (Wildman–Crippen LogP) is 6.04. The van der Waals surface area contributed by atoms with Crippen LogP contribution in [0.1, 0.15) is 76.8 Å². The fourth-order valence-corrected chi connectivity index (χ4v) is 7.74. The lowest BCUT2D eigenvalue weighted by atomic mass is 9.46. The van der Waals surface area contributed by atoms with Crippen molar-refractivity contribution >= 4 is 11.9 Å². The average molecular weight is 423 g/mol. The summed E-state index contributed by atoms with van der Waals surface area (Å²) in [4.78, 5) is 18.4. The second-order valence-electron chi connectivity index (χ2n) is 11.4. The SMILES string of the molecule is CCc1cncc(C2=CCC3C4CCC(CC=O)[C@@](C)(CCN(C)C)C4CCC23C)c1. The third-order valence-corrected chi connectivity index (χ3v) is 9.64. The molecule has 1 aromatic rings. The summed E-state index contributed by atoms with van der Waals surface area (Å²) in [6.45, 7) is 8.41. The molecular formula is C28H42N2O. The molecule has 3 aliphatic rings. The van der Waals surface area contributed by atoms with Gasteiger partial charge in [0.25, 0.3) is 0 Å². The number of nitrogens with zero attached hydrogens (tertiary/aromatic N) is 2. The number of fused-ring (bicyclic) bond motifs is 3. The Balaban J connectivity index is 1.61.